The lowest BCUT2D eigenvalue weighted by Crippen LogP contribution is -2.15. The largest absolute Gasteiger partial charge is 0.492 e. The van der Waals surface area contributed by atoms with Crippen LogP contribution in [0, 0.1) is 12.7 Å². The van der Waals surface area contributed by atoms with Gasteiger partial charge in [-0.05, 0) is 18.6 Å². The summed E-state index contributed by atoms with van der Waals surface area (Å²) in [7, 11) is 0. The van der Waals surface area contributed by atoms with Gasteiger partial charge in [0.05, 0.1) is 12.2 Å². The van der Waals surface area contributed by atoms with Crippen molar-refractivity contribution in [2.75, 3.05) is 6.61 Å². The molecule has 1 aromatic carbocycles. The molecule has 0 atom stereocenters. The Morgan fingerprint density at radius 2 is 2.23 bits per heavy atom. The van der Waals surface area contributed by atoms with Crippen molar-refractivity contribution in [1.82, 2.24) is 0 Å². The number of ketones is 1. The molecule has 0 aliphatic carbocycles. The molecular weight excluding hydrogens is 171 g/mol. The topological polar surface area (TPSA) is 26.3 Å². The van der Waals surface area contributed by atoms with Crippen LogP contribution in [-0.4, -0.2) is 12.4 Å². The van der Waals surface area contributed by atoms with E-state index < -0.39 is 0 Å². The van der Waals surface area contributed by atoms with Gasteiger partial charge in [-0.1, -0.05) is 0 Å². The Balaban J connectivity index is 2.58. The third-order valence-electron chi connectivity index (χ3n) is 2.15. The third-order valence-corrected chi connectivity index (χ3v) is 2.15. The molecule has 1 aromatic rings. The zero-order valence-electron chi connectivity index (χ0n) is 7.26. The summed E-state index contributed by atoms with van der Waals surface area (Å²) in [6, 6.07) is 2.83. The summed E-state index contributed by atoms with van der Waals surface area (Å²) in [5.41, 5.74) is 0.989. The first-order valence-corrected chi connectivity index (χ1v) is 4.14. The van der Waals surface area contributed by atoms with Gasteiger partial charge in [0.15, 0.2) is 5.78 Å². The number of benzene rings is 1. The summed E-state index contributed by atoms with van der Waals surface area (Å²) in [6.07, 6.45) is 0.387. The van der Waals surface area contributed by atoms with Crippen molar-refractivity contribution in [2.45, 2.75) is 13.3 Å². The Hall–Kier alpha value is -1.38. The molecule has 68 valence electrons. The van der Waals surface area contributed by atoms with Gasteiger partial charge in [0.1, 0.15) is 11.6 Å². The van der Waals surface area contributed by atoms with E-state index in [0.29, 0.717) is 29.9 Å². The van der Waals surface area contributed by atoms with Crippen LogP contribution < -0.4 is 4.74 Å². The monoisotopic (exact) mass is 180 g/mol. The van der Waals surface area contributed by atoms with E-state index in [1.165, 1.54) is 6.07 Å². The zero-order valence-corrected chi connectivity index (χ0v) is 7.26. The SMILES string of the molecule is Cc1cc2c(cc1F)OCCC2=O. The molecule has 1 aliphatic heterocycles. The van der Waals surface area contributed by atoms with Crippen LogP contribution >= 0.6 is 0 Å². The van der Waals surface area contributed by atoms with Crippen LogP contribution in [0.3, 0.4) is 0 Å². The highest BCUT2D eigenvalue weighted by molar-refractivity contribution is 5.99. The van der Waals surface area contributed by atoms with Crippen LogP contribution in [0.15, 0.2) is 12.1 Å². The summed E-state index contributed by atoms with van der Waals surface area (Å²) in [4.78, 5) is 11.3. The summed E-state index contributed by atoms with van der Waals surface area (Å²) in [6.45, 7) is 1.99. The van der Waals surface area contributed by atoms with E-state index in [-0.39, 0.29) is 11.6 Å². The lowest BCUT2D eigenvalue weighted by Gasteiger charge is -2.16. The predicted molar refractivity (Wildman–Crippen MR) is 45.6 cm³/mol. The van der Waals surface area contributed by atoms with Gasteiger partial charge in [0.2, 0.25) is 0 Å². The first kappa shape index (κ1) is 8.23. The molecule has 0 saturated heterocycles. The Labute approximate surface area is 75.3 Å². The number of carbonyl (C=O) groups is 1. The van der Waals surface area contributed by atoms with Crippen molar-refractivity contribution in [1.29, 1.82) is 0 Å². The van der Waals surface area contributed by atoms with Crippen LogP contribution in [0.2, 0.25) is 0 Å². The zero-order chi connectivity index (χ0) is 9.42. The van der Waals surface area contributed by atoms with E-state index in [4.69, 9.17) is 4.74 Å². The van der Waals surface area contributed by atoms with Gasteiger partial charge in [0, 0.05) is 12.5 Å². The van der Waals surface area contributed by atoms with E-state index in [1.54, 1.807) is 13.0 Å². The van der Waals surface area contributed by atoms with Crippen LogP contribution in [-0.2, 0) is 0 Å². The van der Waals surface area contributed by atoms with E-state index in [2.05, 4.69) is 0 Å². The van der Waals surface area contributed by atoms with E-state index in [1.807, 2.05) is 0 Å². The van der Waals surface area contributed by atoms with Gasteiger partial charge in [-0.3, -0.25) is 4.79 Å². The standard InChI is InChI=1S/C10H9FO2/c1-6-4-7-9(12)2-3-13-10(7)5-8(6)11/h4-5H,2-3H2,1H3. The smallest absolute Gasteiger partial charge is 0.170 e. The van der Waals surface area contributed by atoms with Gasteiger partial charge >= 0.3 is 0 Å². The van der Waals surface area contributed by atoms with Crippen LogP contribution in [0.1, 0.15) is 22.3 Å². The molecule has 1 heterocycles. The quantitative estimate of drug-likeness (QED) is 0.611. The van der Waals surface area contributed by atoms with Crippen LogP contribution in [0.25, 0.3) is 0 Å². The maximum absolute atomic E-state index is 13.0. The van der Waals surface area contributed by atoms with E-state index >= 15 is 0 Å². The fraction of sp³-hybridized carbons (Fsp3) is 0.300. The minimum Gasteiger partial charge on any atom is -0.492 e. The maximum atomic E-state index is 13.0. The molecule has 0 spiro atoms. The fourth-order valence-electron chi connectivity index (χ4n) is 1.39. The number of hydrogen-bond acceptors (Lipinski definition) is 2. The summed E-state index contributed by atoms with van der Waals surface area (Å²) in [5.74, 6) is 0.0807. The second kappa shape index (κ2) is 2.83. The van der Waals surface area contributed by atoms with Crippen LogP contribution in [0.5, 0.6) is 5.75 Å². The molecule has 1 aliphatic rings. The van der Waals surface area contributed by atoms with Gasteiger partial charge in [0.25, 0.3) is 0 Å². The Kier molecular flexibility index (Phi) is 1.79. The van der Waals surface area contributed by atoms with Gasteiger partial charge in [-0.25, -0.2) is 4.39 Å². The highest BCUT2D eigenvalue weighted by Crippen LogP contribution is 2.27. The third kappa shape index (κ3) is 1.30. The predicted octanol–water partition coefficient (Wildman–Crippen LogP) is 2.10. The van der Waals surface area contributed by atoms with Crippen molar-refractivity contribution in [3.05, 3.63) is 29.1 Å². The minimum absolute atomic E-state index is 0.0318. The molecule has 0 radical (unpaired) electrons. The number of fused-ring (bicyclic) bond motifs is 1. The van der Waals surface area contributed by atoms with Crippen molar-refractivity contribution in [3.63, 3.8) is 0 Å². The summed E-state index contributed by atoms with van der Waals surface area (Å²) >= 11 is 0. The first-order chi connectivity index (χ1) is 6.18. The summed E-state index contributed by atoms with van der Waals surface area (Å²) < 4.78 is 18.2. The maximum Gasteiger partial charge on any atom is 0.170 e. The molecule has 0 aromatic heterocycles. The molecule has 0 saturated carbocycles. The second-order valence-electron chi connectivity index (χ2n) is 3.12. The Morgan fingerprint density at radius 3 is 3.00 bits per heavy atom. The molecule has 0 unspecified atom stereocenters. The first-order valence-electron chi connectivity index (χ1n) is 4.14. The minimum atomic E-state index is -0.326. The molecule has 0 N–H and O–H groups in total. The van der Waals surface area contributed by atoms with Crippen molar-refractivity contribution in [3.8, 4) is 5.75 Å². The van der Waals surface area contributed by atoms with Crippen LogP contribution in [0.4, 0.5) is 4.39 Å². The average molecular weight is 180 g/mol. The molecule has 2 nitrogen and oxygen atoms in total. The van der Waals surface area contributed by atoms with Gasteiger partial charge in [-0.15, -0.1) is 0 Å². The lowest BCUT2D eigenvalue weighted by atomic mass is 10.0. The number of hydrogen-bond donors (Lipinski definition) is 0. The Morgan fingerprint density at radius 1 is 1.46 bits per heavy atom. The average Bonchev–Trinajstić information content (AvgIpc) is 2.09. The molecule has 0 amide bonds. The van der Waals surface area contributed by atoms with Crippen molar-refractivity contribution < 1.29 is 13.9 Å². The number of carbonyl (C=O) groups excluding carboxylic acids is 1. The van der Waals surface area contributed by atoms with Crippen molar-refractivity contribution in [2.24, 2.45) is 0 Å². The normalized spacial score (nSPS) is 15.1. The molecule has 13 heavy (non-hydrogen) atoms. The molecular formula is C10H9FO2. The molecule has 0 bridgehead atoms. The number of rotatable bonds is 0. The van der Waals surface area contributed by atoms with Gasteiger partial charge in [-0.2, -0.15) is 0 Å². The fourth-order valence-corrected chi connectivity index (χ4v) is 1.39. The number of ether oxygens (including phenoxy) is 1. The number of halogens is 1. The lowest BCUT2D eigenvalue weighted by molar-refractivity contribution is 0.0933. The summed E-state index contributed by atoms with van der Waals surface area (Å²) in [5, 5.41) is 0. The number of Topliss-reactive ketones (excluding diaryl/α,β-unsaturated/α-hetero) is 1. The highest BCUT2D eigenvalue weighted by atomic mass is 19.1. The highest BCUT2D eigenvalue weighted by Gasteiger charge is 2.19. The number of aryl methyl sites for hydroxylation is 1. The molecule has 2 rings (SSSR count). The van der Waals surface area contributed by atoms with Gasteiger partial charge < -0.3 is 4.74 Å². The molecule has 0 fully saturated rings. The van der Waals surface area contributed by atoms with E-state index in [0.717, 1.165) is 0 Å². The Bertz CT molecular complexity index is 371. The van der Waals surface area contributed by atoms with Crippen molar-refractivity contribution >= 4 is 5.78 Å². The second-order valence-corrected chi connectivity index (χ2v) is 3.12. The molecule has 3 heteroatoms. The van der Waals surface area contributed by atoms with E-state index in [9.17, 15) is 9.18 Å².